The van der Waals surface area contributed by atoms with Gasteiger partial charge in [-0.25, -0.2) is 4.79 Å². The smallest absolute Gasteiger partial charge is 0.341 e. The molecule has 0 saturated carbocycles. The molecule has 8 heteroatoms. The number of ether oxygens (including phenoxy) is 1. The third-order valence-corrected chi connectivity index (χ3v) is 5.08. The summed E-state index contributed by atoms with van der Waals surface area (Å²) in [6, 6.07) is 7.03. The molecule has 27 heavy (non-hydrogen) atoms. The maximum atomic E-state index is 12.3. The number of nitrogens with zero attached hydrogens (tertiary/aromatic N) is 1. The highest BCUT2D eigenvalue weighted by Crippen LogP contribution is 2.34. The molecule has 0 aliphatic heterocycles. The molecule has 0 unspecified atom stereocenters. The van der Waals surface area contributed by atoms with Crippen LogP contribution in [-0.4, -0.2) is 43.9 Å². The Morgan fingerprint density at radius 3 is 2.56 bits per heavy atom. The highest BCUT2D eigenvalue weighted by Gasteiger charge is 2.26. The summed E-state index contributed by atoms with van der Waals surface area (Å²) in [5, 5.41) is 3.48. The highest BCUT2D eigenvalue weighted by molar-refractivity contribution is 7.18. The van der Waals surface area contributed by atoms with Crippen LogP contribution >= 0.6 is 22.9 Å². The highest BCUT2D eigenvalue weighted by atomic mass is 35.5. The van der Waals surface area contributed by atoms with E-state index in [9.17, 15) is 14.4 Å². The van der Waals surface area contributed by atoms with Gasteiger partial charge < -0.3 is 15.0 Å². The van der Waals surface area contributed by atoms with Gasteiger partial charge in [-0.15, -0.1) is 11.3 Å². The van der Waals surface area contributed by atoms with E-state index in [4.69, 9.17) is 16.3 Å². The average Bonchev–Trinajstić information content (AvgIpc) is 2.94. The van der Waals surface area contributed by atoms with Gasteiger partial charge in [0.05, 0.1) is 17.6 Å². The van der Waals surface area contributed by atoms with E-state index < -0.39 is 11.9 Å². The lowest BCUT2D eigenvalue weighted by Crippen LogP contribution is -2.21. The second kappa shape index (κ2) is 8.83. The van der Waals surface area contributed by atoms with Gasteiger partial charge in [-0.05, 0) is 36.3 Å². The van der Waals surface area contributed by atoms with Crippen LogP contribution in [0.1, 0.15) is 31.2 Å². The first-order valence-electron chi connectivity index (χ1n) is 7.92. The van der Waals surface area contributed by atoms with Gasteiger partial charge in [0.1, 0.15) is 5.00 Å². The molecule has 0 spiro atoms. The van der Waals surface area contributed by atoms with Gasteiger partial charge in [-0.2, -0.15) is 0 Å². The molecule has 1 aromatic heterocycles. The van der Waals surface area contributed by atoms with Crippen LogP contribution in [0.15, 0.2) is 30.3 Å². The van der Waals surface area contributed by atoms with Crippen molar-refractivity contribution in [1.29, 1.82) is 0 Å². The van der Waals surface area contributed by atoms with E-state index in [2.05, 4.69) is 5.32 Å². The number of thiophene rings is 1. The monoisotopic (exact) mass is 406 g/mol. The van der Waals surface area contributed by atoms with Crippen molar-refractivity contribution in [3.63, 3.8) is 0 Å². The maximum Gasteiger partial charge on any atom is 0.341 e. The summed E-state index contributed by atoms with van der Waals surface area (Å²) in [6.45, 7) is 1.65. The molecule has 0 fully saturated rings. The van der Waals surface area contributed by atoms with E-state index in [0.717, 1.165) is 16.9 Å². The van der Waals surface area contributed by atoms with Gasteiger partial charge in [0.15, 0.2) is 0 Å². The lowest BCUT2D eigenvalue weighted by Gasteiger charge is -2.08. The lowest BCUT2D eigenvalue weighted by molar-refractivity contribution is -0.111. The average molecular weight is 407 g/mol. The Morgan fingerprint density at radius 2 is 1.96 bits per heavy atom. The zero-order chi connectivity index (χ0) is 20.1. The Bertz CT molecular complexity index is 918. The molecule has 0 saturated heterocycles. The molecule has 2 rings (SSSR count). The van der Waals surface area contributed by atoms with Crippen LogP contribution in [0.2, 0.25) is 5.02 Å². The molecular weight excluding hydrogens is 388 g/mol. The largest absolute Gasteiger partial charge is 0.465 e. The van der Waals surface area contributed by atoms with E-state index >= 15 is 0 Å². The van der Waals surface area contributed by atoms with Crippen molar-refractivity contribution in [2.24, 2.45) is 0 Å². The van der Waals surface area contributed by atoms with Gasteiger partial charge in [-0.1, -0.05) is 23.7 Å². The fourth-order valence-corrected chi connectivity index (χ4v) is 3.71. The number of amides is 2. The van der Waals surface area contributed by atoms with Gasteiger partial charge in [-0.3, -0.25) is 9.59 Å². The standard InChI is InChI=1S/C19H19ClN2O4S/c1-11-15(19(25)26-4)17(27-16(11)18(24)22(2)3)21-14(23)9-8-12-6-5-7-13(20)10-12/h5-10H,1-4H3,(H,21,23). The minimum atomic E-state index is -0.615. The fourth-order valence-electron chi connectivity index (χ4n) is 2.29. The number of anilines is 1. The molecule has 1 N–H and O–H groups in total. The normalized spacial score (nSPS) is 10.7. The molecule has 6 nitrogen and oxygen atoms in total. The first-order valence-corrected chi connectivity index (χ1v) is 9.12. The zero-order valence-electron chi connectivity index (χ0n) is 15.3. The molecule has 0 radical (unpaired) electrons. The van der Waals surface area contributed by atoms with Crippen molar-refractivity contribution >= 4 is 51.8 Å². The molecule has 1 heterocycles. The lowest BCUT2D eigenvalue weighted by atomic mass is 10.1. The first-order chi connectivity index (χ1) is 12.7. The number of nitrogens with one attached hydrogen (secondary N) is 1. The topological polar surface area (TPSA) is 75.7 Å². The van der Waals surface area contributed by atoms with Crippen molar-refractivity contribution in [2.45, 2.75) is 6.92 Å². The van der Waals surface area contributed by atoms with Crippen molar-refractivity contribution in [3.8, 4) is 0 Å². The van der Waals surface area contributed by atoms with Crippen LogP contribution in [0.4, 0.5) is 5.00 Å². The predicted octanol–water partition coefficient (Wildman–Crippen LogP) is 3.85. The SMILES string of the molecule is COC(=O)c1c(NC(=O)C=Cc2cccc(Cl)c2)sc(C(=O)N(C)C)c1C. The quantitative estimate of drug-likeness (QED) is 0.604. The number of carbonyl (C=O) groups is 3. The summed E-state index contributed by atoms with van der Waals surface area (Å²) >= 11 is 6.96. The number of halogens is 1. The number of hydrogen-bond acceptors (Lipinski definition) is 5. The minimum absolute atomic E-state index is 0.178. The maximum absolute atomic E-state index is 12.3. The Morgan fingerprint density at radius 1 is 1.26 bits per heavy atom. The van der Waals surface area contributed by atoms with E-state index in [1.165, 1.54) is 18.1 Å². The molecule has 0 aliphatic rings. The summed E-state index contributed by atoms with van der Waals surface area (Å²) in [7, 11) is 4.48. The number of benzene rings is 1. The summed E-state index contributed by atoms with van der Waals surface area (Å²) in [4.78, 5) is 38.5. The van der Waals surface area contributed by atoms with Crippen molar-refractivity contribution < 1.29 is 19.1 Å². The van der Waals surface area contributed by atoms with Crippen LogP contribution in [0.25, 0.3) is 6.08 Å². The molecule has 0 aliphatic carbocycles. The zero-order valence-corrected chi connectivity index (χ0v) is 16.9. The van der Waals surface area contributed by atoms with E-state index in [1.807, 2.05) is 0 Å². The van der Waals surface area contributed by atoms with E-state index in [1.54, 1.807) is 51.4 Å². The number of rotatable bonds is 5. The number of carbonyl (C=O) groups excluding carboxylic acids is 3. The van der Waals surface area contributed by atoms with Crippen molar-refractivity contribution in [2.75, 3.05) is 26.5 Å². The predicted molar refractivity (Wildman–Crippen MR) is 108 cm³/mol. The molecule has 1 aromatic carbocycles. The Hall–Kier alpha value is -2.64. The number of methoxy groups -OCH3 is 1. The third kappa shape index (κ3) is 4.96. The summed E-state index contributed by atoms with van der Waals surface area (Å²) < 4.78 is 4.79. The van der Waals surface area contributed by atoms with Gasteiger partial charge in [0.2, 0.25) is 5.91 Å². The Balaban J connectivity index is 2.31. The second-order valence-electron chi connectivity index (χ2n) is 5.83. The van der Waals surface area contributed by atoms with Crippen molar-refractivity contribution in [1.82, 2.24) is 4.90 Å². The van der Waals surface area contributed by atoms with Crippen LogP contribution in [0.5, 0.6) is 0 Å². The summed E-state index contributed by atoms with van der Waals surface area (Å²) in [5.74, 6) is -1.31. The number of esters is 1. The van der Waals surface area contributed by atoms with Gasteiger partial charge >= 0.3 is 5.97 Å². The number of hydrogen-bond donors (Lipinski definition) is 1. The Kier molecular flexibility index (Phi) is 6.76. The molecule has 142 valence electrons. The van der Waals surface area contributed by atoms with Gasteiger partial charge in [0, 0.05) is 25.2 Å². The summed E-state index contributed by atoms with van der Waals surface area (Å²) in [5.41, 5.74) is 1.41. The Labute approximate surface area is 166 Å². The van der Waals surface area contributed by atoms with E-state index in [-0.39, 0.29) is 16.5 Å². The molecule has 0 atom stereocenters. The second-order valence-corrected chi connectivity index (χ2v) is 7.29. The van der Waals surface area contributed by atoms with E-state index in [0.29, 0.717) is 15.5 Å². The van der Waals surface area contributed by atoms with Crippen molar-refractivity contribution in [3.05, 3.63) is 56.9 Å². The minimum Gasteiger partial charge on any atom is -0.465 e. The molecule has 0 bridgehead atoms. The first kappa shape index (κ1) is 20.7. The van der Waals surface area contributed by atoms with Crippen LogP contribution in [-0.2, 0) is 9.53 Å². The summed E-state index contributed by atoms with van der Waals surface area (Å²) in [6.07, 6.45) is 2.93. The van der Waals surface area contributed by atoms with Gasteiger partial charge in [0.25, 0.3) is 5.91 Å². The van der Waals surface area contributed by atoms with Crippen LogP contribution in [0.3, 0.4) is 0 Å². The molecular formula is C19H19ClN2O4S. The van der Waals surface area contributed by atoms with Crippen LogP contribution < -0.4 is 5.32 Å². The fraction of sp³-hybridized carbons (Fsp3) is 0.211. The molecule has 2 aromatic rings. The van der Waals surface area contributed by atoms with Crippen LogP contribution in [0, 0.1) is 6.92 Å². The molecule has 2 amide bonds. The third-order valence-electron chi connectivity index (χ3n) is 3.65.